The summed E-state index contributed by atoms with van der Waals surface area (Å²) in [4.78, 5) is 11.6. The Labute approximate surface area is 96.0 Å². The second-order valence-electron chi connectivity index (χ2n) is 2.97. The molecule has 0 spiro atoms. The van der Waals surface area contributed by atoms with Gasteiger partial charge in [0.25, 0.3) is 0 Å². The second-order valence-corrected chi connectivity index (χ2v) is 3.31. The number of hydrogen-bond donors (Lipinski definition) is 2. The third-order valence-electron chi connectivity index (χ3n) is 1.84. The topological polar surface area (TPSA) is 103 Å². The summed E-state index contributed by atoms with van der Waals surface area (Å²) in [6, 6.07) is 0. The fraction of sp³-hybridized carbons (Fsp3) is 0.250. The van der Waals surface area contributed by atoms with Crippen LogP contribution in [0.3, 0.4) is 0 Å². The molecule has 84 valence electrons. The van der Waals surface area contributed by atoms with Crippen molar-refractivity contribution in [1.82, 2.24) is 20.1 Å². The molecule has 0 aliphatic carbocycles. The predicted molar refractivity (Wildman–Crippen MR) is 57.9 cm³/mol. The van der Waals surface area contributed by atoms with Gasteiger partial charge in [-0.25, -0.2) is 4.98 Å². The first-order valence-corrected chi connectivity index (χ1v) is 4.90. The zero-order valence-electron chi connectivity index (χ0n) is 8.22. The maximum atomic E-state index is 5.65. The molecule has 2 aromatic rings. The lowest BCUT2D eigenvalue weighted by atomic mass is 10.4. The van der Waals surface area contributed by atoms with E-state index in [-0.39, 0.29) is 5.28 Å². The monoisotopic (exact) mass is 240 g/mol. The van der Waals surface area contributed by atoms with Gasteiger partial charge in [-0.2, -0.15) is 9.97 Å². The van der Waals surface area contributed by atoms with Crippen molar-refractivity contribution < 1.29 is 4.52 Å². The summed E-state index contributed by atoms with van der Waals surface area (Å²) in [5.41, 5.74) is 6.10. The number of nitrogen functional groups attached to an aromatic ring is 1. The third-order valence-corrected chi connectivity index (χ3v) is 2.02. The fourth-order valence-electron chi connectivity index (χ4n) is 1.11. The lowest BCUT2D eigenvalue weighted by Crippen LogP contribution is -2.09. The number of nitrogens with two attached hydrogens (primary N) is 1. The Morgan fingerprint density at radius 3 is 3.06 bits per heavy atom. The SMILES string of the molecule is Nc1cnc(Cl)nc1NCCc1ncon1. The first-order chi connectivity index (χ1) is 7.75. The summed E-state index contributed by atoms with van der Waals surface area (Å²) in [6.45, 7) is 0.580. The van der Waals surface area contributed by atoms with Crippen LogP contribution in [0.5, 0.6) is 0 Å². The van der Waals surface area contributed by atoms with Gasteiger partial charge in [0, 0.05) is 13.0 Å². The fourth-order valence-corrected chi connectivity index (χ4v) is 1.24. The summed E-state index contributed by atoms with van der Waals surface area (Å²) in [5.74, 6) is 1.12. The van der Waals surface area contributed by atoms with Gasteiger partial charge in [-0.3, -0.25) is 0 Å². The summed E-state index contributed by atoms with van der Waals surface area (Å²) in [7, 11) is 0. The Balaban J connectivity index is 1.92. The van der Waals surface area contributed by atoms with Crippen LogP contribution in [-0.2, 0) is 6.42 Å². The van der Waals surface area contributed by atoms with Crippen LogP contribution in [0.2, 0.25) is 5.28 Å². The molecule has 0 fully saturated rings. The van der Waals surface area contributed by atoms with E-state index in [9.17, 15) is 0 Å². The van der Waals surface area contributed by atoms with Crippen molar-refractivity contribution in [3.8, 4) is 0 Å². The van der Waals surface area contributed by atoms with E-state index >= 15 is 0 Å². The van der Waals surface area contributed by atoms with Crippen molar-refractivity contribution >= 4 is 23.1 Å². The van der Waals surface area contributed by atoms with Crippen LogP contribution in [-0.4, -0.2) is 26.7 Å². The number of rotatable bonds is 4. The van der Waals surface area contributed by atoms with Crippen LogP contribution in [0.25, 0.3) is 0 Å². The van der Waals surface area contributed by atoms with Crippen molar-refractivity contribution in [2.24, 2.45) is 0 Å². The van der Waals surface area contributed by atoms with Crippen LogP contribution in [0.4, 0.5) is 11.5 Å². The van der Waals surface area contributed by atoms with Crippen LogP contribution >= 0.6 is 11.6 Å². The Bertz CT molecular complexity index is 460. The minimum atomic E-state index is 0.149. The molecule has 2 heterocycles. The molecule has 3 N–H and O–H groups in total. The Morgan fingerprint density at radius 2 is 2.31 bits per heavy atom. The van der Waals surface area contributed by atoms with Crippen LogP contribution in [0.15, 0.2) is 17.1 Å². The van der Waals surface area contributed by atoms with Gasteiger partial charge in [0.05, 0.1) is 11.9 Å². The zero-order valence-corrected chi connectivity index (χ0v) is 8.98. The average Bonchev–Trinajstić information content (AvgIpc) is 2.76. The Kier molecular flexibility index (Phi) is 3.16. The number of nitrogens with one attached hydrogen (secondary N) is 1. The molecule has 0 unspecified atom stereocenters. The summed E-state index contributed by atoms with van der Waals surface area (Å²) in [6.07, 6.45) is 3.34. The maximum Gasteiger partial charge on any atom is 0.224 e. The highest BCUT2D eigenvalue weighted by Gasteiger charge is 2.03. The van der Waals surface area contributed by atoms with Gasteiger partial charge in [0.2, 0.25) is 11.7 Å². The molecule has 0 saturated heterocycles. The average molecular weight is 241 g/mol. The Hall–Kier alpha value is -1.89. The van der Waals surface area contributed by atoms with Gasteiger partial charge in [0.15, 0.2) is 11.6 Å². The van der Waals surface area contributed by atoms with Crippen LogP contribution in [0, 0.1) is 0 Å². The number of aromatic nitrogens is 4. The van der Waals surface area contributed by atoms with Gasteiger partial charge < -0.3 is 15.6 Å². The van der Waals surface area contributed by atoms with E-state index in [4.69, 9.17) is 17.3 Å². The first-order valence-electron chi connectivity index (χ1n) is 4.53. The standard InChI is InChI=1S/C8H9ClN6O/c9-8-12-3-5(10)7(14-8)11-2-1-6-13-4-16-15-6/h3-4H,1-2,10H2,(H,11,12,14). The van der Waals surface area contributed by atoms with E-state index in [1.54, 1.807) is 0 Å². The Morgan fingerprint density at radius 1 is 1.44 bits per heavy atom. The van der Waals surface area contributed by atoms with Crippen LogP contribution in [0.1, 0.15) is 5.82 Å². The first kappa shape index (κ1) is 10.6. The molecule has 2 aromatic heterocycles. The smallest absolute Gasteiger partial charge is 0.224 e. The van der Waals surface area contributed by atoms with Crippen molar-refractivity contribution in [3.63, 3.8) is 0 Å². The molecule has 0 bridgehead atoms. The molecule has 0 aliphatic heterocycles. The summed E-state index contributed by atoms with van der Waals surface area (Å²) < 4.78 is 4.60. The number of nitrogens with zero attached hydrogens (tertiary/aromatic N) is 4. The van der Waals surface area contributed by atoms with Crippen LogP contribution < -0.4 is 11.1 Å². The molecule has 2 rings (SSSR count). The summed E-state index contributed by atoms with van der Waals surface area (Å²) in [5, 5.41) is 6.83. The minimum Gasteiger partial charge on any atom is -0.394 e. The van der Waals surface area contributed by atoms with Crippen molar-refractivity contribution in [2.45, 2.75) is 6.42 Å². The molecule has 0 atom stereocenters. The molecule has 0 radical (unpaired) electrons. The van der Waals surface area contributed by atoms with Crippen molar-refractivity contribution in [1.29, 1.82) is 0 Å². The van der Waals surface area contributed by atoms with Gasteiger partial charge in [0.1, 0.15) is 0 Å². The number of hydrogen-bond acceptors (Lipinski definition) is 7. The summed E-state index contributed by atoms with van der Waals surface area (Å²) >= 11 is 5.64. The molecule has 0 aliphatic rings. The highest BCUT2D eigenvalue weighted by molar-refractivity contribution is 6.28. The van der Waals surface area contributed by atoms with Gasteiger partial charge in [-0.1, -0.05) is 5.16 Å². The number of halogens is 1. The highest BCUT2D eigenvalue weighted by Crippen LogP contribution is 2.15. The van der Waals surface area contributed by atoms with E-state index in [1.807, 2.05) is 0 Å². The second kappa shape index (κ2) is 4.75. The highest BCUT2D eigenvalue weighted by atomic mass is 35.5. The molecule has 0 aromatic carbocycles. The van der Waals surface area contributed by atoms with Gasteiger partial charge in [-0.15, -0.1) is 0 Å². The van der Waals surface area contributed by atoms with E-state index in [0.29, 0.717) is 30.3 Å². The molecule has 7 nitrogen and oxygen atoms in total. The molecular weight excluding hydrogens is 232 g/mol. The maximum absolute atomic E-state index is 5.65. The normalized spacial score (nSPS) is 10.3. The van der Waals surface area contributed by atoms with Gasteiger partial charge in [-0.05, 0) is 11.6 Å². The van der Waals surface area contributed by atoms with E-state index in [2.05, 4.69) is 29.9 Å². The van der Waals surface area contributed by atoms with Crippen molar-refractivity contribution in [3.05, 3.63) is 23.7 Å². The lowest BCUT2D eigenvalue weighted by molar-refractivity contribution is 0.410. The number of anilines is 2. The largest absolute Gasteiger partial charge is 0.394 e. The molecule has 0 saturated carbocycles. The third kappa shape index (κ3) is 2.57. The molecular formula is C8H9ClN6O. The van der Waals surface area contributed by atoms with E-state index in [0.717, 1.165) is 0 Å². The lowest BCUT2D eigenvalue weighted by Gasteiger charge is -2.06. The van der Waals surface area contributed by atoms with Gasteiger partial charge >= 0.3 is 0 Å². The minimum absolute atomic E-state index is 0.149. The molecule has 8 heteroatoms. The quantitative estimate of drug-likeness (QED) is 0.760. The van der Waals surface area contributed by atoms with E-state index < -0.39 is 0 Å². The zero-order chi connectivity index (χ0) is 11.4. The predicted octanol–water partition coefficient (Wildman–Crippen LogP) is 0.750. The van der Waals surface area contributed by atoms with Crippen molar-refractivity contribution in [2.75, 3.05) is 17.6 Å². The molecule has 0 amide bonds. The van der Waals surface area contributed by atoms with E-state index in [1.165, 1.54) is 12.6 Å². The molecule has 16 heavy (non-hydrogen) atoms.